The van der Waals surface area contributed by atoms with Crippen LogP contribution in [0.2, 0.25) is 0 Å². The molecule has 0 spiro atoms. The van der Waals surface area contributed by atoms with Crippen molar-refractivity contribution in [2.75, 3.05) is 30.4 Å². The lowest BCUT2D eigenvalue weighted by atomic mass is 10.1. The quantitative estimate of drug-likeness (QED) is 0.525. The van der Waals surface area contributed by atoms with Crippen LogP contribution in [0.15, 0.2) is 44.2 Å². The molecule has 10 heteroatoms. The highest BCUT2D eigenvalue weighted by Crippen LogP contribution is 2.35. The van der Waals surface area contributed by atoms with Crippen molar-refractivity contribution in [3.05, 3.63) is 40.5 Å². The van der Waals surface area contributed by atoms with E-state index in [2.05, 4.69) is 31.1 Å². The summed E-state index contributed by atoms with van der Waals surface area (Å²) in [7, 11) is -2.49. The number of fused-ring (bicyclic) bond motifs is 1. The van der Waals surface area contributed by atoms with Gasteiger partial charge in [-0.15, -0.1) is 0 Å². The van der Waals surface area contributed by atoms with Gasteiger partial charge in [0.2, 0.25) is 0 Å². The lowest BCUT2D eigenvalue weighted by Gasteiger charge is -2.25. The molecule has 1 aromatic heterocycles. The summed E-state index contributed by atoms with van der Waals surface area (Å²) in [4.78, 5) is 0.0403. The third-order valence-electron chi connectivity index (χ3n) is 5.03. The first-order chi connectivity index (χ1) is 14.4. The zero-order chi connectivity index (χ0) is 21.3. The zero-order valence-corrected chi connectivity index (χ0v) is 19.0. The molecule has 1 saturated heterocycles. The lowest BCUT2D eigenvalue weighted by molar-refractivity contribution is 0.0904. The Balaban J connectivity index is 1.75. The second-order valence-corrected chi connectivity index (χ2v) is 9.66. The second kappa shape index (κ2) is 8.44. The Labute approximate surface area is 183 Å². The van der Waals surface area contributed by atoms with E-state index in [9.17, 15) is 8.42 Å². The number of aryl methyl sites for hydroxylation is 1. The zero-order valence-electron chi connectivity index (χ0n) is 16.6. The van der Waals surface area contributed by atoms with Crippen LogP contribution >= 0.6 is 15.9 Å². The Morgan fingerprint density at radius 3 is 2.67 bits per heavy atom. The van der Waals surface area contributed by atoms with Crippen LogP contribution in [0, 0.1) is 6.92 Å². The van der Waals surface area contributed by atoms with Gasteiger partial charge < -0.3 is 19.3 Å². The third-order valence-corrected chi connectivity index (χ3v) is 6.91. The molecule has 0 saturated carbocycles. The summed E-state index contributed by atoms with van der Waals surface area (Å²) < 4.78 is 45.9. The van der Waals surface area contributed by atoms with Crippen molar-refractivity contribution in [3.8, 4) is 5.75 Å². The molecule has 30 heavy (non-hydrogen) atoms. The molecule has 2 heterocycles. The minimum atomic E-state index is -3.93. The Hall–Kier alpha value is -2.30. The van der Waals surface area contributed by atoms with Crippen LogP contribution in [-0.4, -0.2) is 39.9 Å². The van der Waals surface area contributed by atoms with E-state index < -0.39 is 10.0 Å². The van der Waals surface area contributed by atoms with Gasteiger partial charge in [0.05, 0.1) is 24.2 Å². The molecule has 0 amide bonds. The van der Waals surface area contributed by atoms with E-state index >= 15 is 0 Å². The van der Waals surface area contributed by atoms with Gasteiger partial charge in [0.15, 0.2) is 5.58 Å². The van der Waals surface area contributed by atoms with Crippen molar-refractivity contribution < 1.29 is 22.4 Å². The fourth-order valence-electron chi connectivity index (χ4n) is 3.43. The molecule has 0 radical (unpaired) electrons. The van der Waals surface area contributed by atoms with Gasteiger partial charge in [-0.05, 0) is 44.0 Å². The summed E-state index contributed by atoms with van der Waals surface area (Å²) in [5.41, 5.74) is 2.32. The summed E-state index contributed by atoms with van der Waals surface area (Å²) in [6.07, 6.45) is 1.66. The molecule has 0 atom stereocenters. The molecule has 4 rings (SSSR count). The van der Waals surface area contributed by atoms with Gasteiger partial charge in [-0.1, -0.05) is 21.1 Å². The summed E-state index contributed by atoms with van der Waals surface area (Å²) in [6, 6.07) is 8.53. The molecule has 1 aliphatic rings. The minimum absolute atomic E-state index is 0.0403. The maximum atomic E-state index is 13.2. The number of ether oxygens (including phenoxy) is 2. The largest absolute Gasteiger partial charge is 0.495 e. The molecule has 8 nitrogen and oxygen atoms in total. The Bertz CT molecular complexity index is 1170. The molecular weight excluding hydrogens is 474 g/mol. The van der Waals surface area contributed by atoms with Gasteiger partial charge >= 0.3 is 0 Å². The smallest absolute Gasteiger partial charge is 0.265 e. The fourth-order valence-corrected chi connectivity index (χ4v) is 5.21. The maximum Gasteiger partial charge on any atom is 0.265 e. The highest BCUT2D eigenvalue weighted by Gasteiger charge is 2.24. The first-order valence-electron chi connectivity index (χ1n) is 9.48. The van der Waals surface area contributed by atoms with E-state index in [-0.39, 0.29) is 16.7 Å². The predicted octanol–water partition coefficient (Wildman–Crippen LogP) is 4.30. The van der Waals surface area contributed by atoms with Gasteiger partial charge in [-0.3, -0.25) is 4.72 Å². The van der Waals surface area contributed by atoms with E-state index in [1.54, 1.807) is 24.3 Å². The lowest BCUT2D eigenvalue weighted by Crippen LogP contribution is -2.28. The number of benzene rings is 2. The van der Waals surface area contributed by atoms with Crippen molar-refractivity contribution in [1.29, 1.82) is 0 Å². The van der Waals surface area contributed by atoms with Crippen LogP contribution in [0.4, 0.5) is 11.4 Å². The van der Waals surface area contributed by atoms with Crippen LogP contribution in [0.25, 0.3) is 11.0 Å². The number of hydrogen-bond acceptors (Lipinski definition) is 7. The van der Waals surface area contributed by atoms with Crippen molar-refractivity contribution in [3.63, 3.8) is 0 Å². The number of anilines is 2. The number of methoxy groups -OCH3 is 1. The normalized spacial score (nSPS) is 15.3. The standard InChI is InChI=1S/C20H22BrN3O5S/c1-12-15-10-17(24-30(25,26)20-9-13(21)3-4-18(20)27-2)16(11-19(15)29-23-12)22-14-5-7-28-8-6-14/h3-4,9-11,14,22,24H,5-8H2,1-2H3. The van der Waals surface area contributed by atoms with Crippen LogP contribution in [-0.2, 0) is 14.8 Å². The fraction of sp³-hybridized carbons (Fsp3) is 0.350. The molecule has 1 aliphatic heterocycles. The molecule has 0 bridgehead atoms. The van der Waals surface area contributed by atoms with Gasteiger partial charge in [-0.2, -0.15) is 0 Å². The monoisotopic (exact) mass is 495 g/mol. The average Bonchev–Trinajstić information content (AvgIpc) is 3.08. The Kier molecular flexibility index (Phi) is 5.90. The van der Waals surface area contributed by atoms with Gasteiger partial charge in [0.25, 0.3) is 10.0 Å². The summed E-state index contributed by atoms with van der Waals surface area (Å²) in [6.45, 7) is 3.14. The number of hydrogen-bond donors (Lipinski definition) is 2. The molecule has 0 unspecified atom stereocenters. The summed E-state index contributed by atoms with van der Waals surface area (Å²) in [5, 5.41) is 8.16. The van der Waals surface area contributed by atoms with E-state index in [0.717, 1.165) is 18.2 Å². The Morgan fingerprint density at radius 1 is 1.17 bits per heavy atom. The van der Waals surface area contributed by atoms with E-state index in [1.165, 1.54) is 13.2 Å². The molecule has 0 aliphatic carbocycles. The van der Waals surface area contributed by atoms with Gasteiger partial charge in [-0.25, -0.2) is 8.42 Å². The number of nitrogens with one attached hydrogen (secondary N) is 2. The van der Waals surface area contributed by atoms with E-state index in [1.807, 2.05) is 6.92 Å². The minimum Gasteiger partial charge on any atom is -0.495 e. The first-order valence-corrected chi connectivity index (χ1v) is 11.8. The van der Waals surface area contributed by atoms with Crippen LogP contribution in [0.3, 0.4) is 0 Å². The number of aromatic nitrogens is 1. The van der Waals surface area contributed by atoms with Crippen LogP contribution in [0.1, 0.15) is 18.5 Å². The number of halogens is 1. The van der Waals surface area contributed by atoms with Crippen LogP contribution < -0.4 is 14.8 Å². The maximum absolute atomic E-state index is 13.2. The van der Waals surface area contributed by atoms with Crippen LogP contribution in [0.5, 0.6) is 5.75 Å². The van der Waals surface area contributed by atoms with E-state index in [4.69, 9.17) is 14.0 Å². The number of nitrogens with zero attached hydrogens (tertiary/aromatic N) is 1. The molecule has 3 aromatic rings. The number of rotatable bonds is 6. The summed E-state index contributed by atoms with van der Waals surface area (Å²) in [5.74, 6) is 0.256. The van der Waals surface area contributed by atoms with Crippen molar-refractivity contribution in [2.45, 2.75) is 30.7 Å². The molecule has 160 valence electrons. The number of sulfonamides is 1. The van der Waals surface area contributed by atoms with Crippen molar-refractivity contribution >= 4 is 48.3 Å². The summed E-state index contributed by atoms with van der Waals surface area (Å²) >= 11 is 3.33. The topological polar surface area (TPSA) is 103 Å². The average molecular weight is 496 g/mol. The highest BCUT2D eigenvalue weighted by molar-refractivity contribution is 9.10. The molecule has 2 aromatic carbocycles. The van der Waals surface area contributed by atoms with Crippen molar-refractivity contribution in [2.24, 2.45) is 0 Å². The first kappa shape index (κ1) is 21.0. The van der Waals surface area contributed by atoms with Gasteiger partial charge in [0.1, 0.15) is 10.6 Å². The van der Waals surface area contributed by atoms with Crippen molar-refractivity contribution in [1.82, 2.24) is 5.16 Å². The second-order valence-electron chi connectivity index (χ2n) is 7.09. The molecule has 1 fully saturated rings. The highest BCUT2D eigenvalue weighted by atomic mass is 79.9. The molecular formula is C20H22BrN3O5S. The Morgan fingerprint density at radius 2 is 1.93 bits per heavy atom. The molecule has 2 N–H and O–H groups in total. The van der Waals surface area contributed by atoms with Gasteiger partial charge in [0, 0.05) is 35.2 Å². The SMILES string of the molecule is COc1ccc(Br)cc1S(=O)(=O)Nc1cc2c(C)noc2cc1NC1CCOCC1. The third kappa shape index (κ3) is 4.26. The predicted molar refractivity (Wildman–Crippen MR) is 118 cm³/mol. The van der Waals surface area contributed by atoms with E-state index in [0.29, 0.717) is 40.3 Å².